The average Bonchev–Trinajstić information content (AvgIpc) is 3.51. The molecule has 1 saturated heterocycles. The van der Waals surface area contributed by atoms with Crippen LogP contribution in [0.4, 0.5) is 0 Å². The molecule has 4 heteroatoms. The Morgan fingerprint density at radius 1 is 0.974 bits per heavy atom. The van der Waals surface area contributed by atoms with Gasteiger partial charge in [0.05, 0.1) is 6.17 Å². The van der Waals surface area contributed by atoms with Gasteiger partial charge in [0, 0.05) is 36.6 Å². The Kier molecular flexibility index (Phi) is 8.66. The highest BCUT2D eigenvalue weighted by Gasteiger charge is 2.43. The summed E-state index contributed by atoms with van der Waals surface area (Å²) in [5, 5.41) is 8.13. The van der Waals surface area contributed by atoms with Crippen LogP contribution < -0.4 is 10.6 Å². The summed E-state index contributed by atoms with van der Waals surface area (Å²) in [4.78, 5) is 5.77. The standard InChI is InChI=1S/C34H54N4/c1-3-13-27(4-2)33-35-29-18-8-10-20-31(29)37(33)23-25-14-12-15-26(22-25)24-38-32-21-11-9-19-30(32)36-34(38)28-16-6-5-7-17-28/h9,14,16,19,26-27,30,32-36H,3-8,10-13,15,17-18,20-24H2,1-2H3. The number of allylic oxidation sites excluding steroid dienone is 5. The maximum atomic E-state index is 4.07. The molecule has 0 spiro atoms. The van der Waals surface area contributed by atoms with Crippen LogP contribution in [0, 0.1) is 11.8 Å². The number of nitrogens with zero attached hydrogens (tertiary/aromatic N) is 2. The topological polar surface area (TPSA) is 30.5 Å². The predicted octanol–water partition coefficient (Wildman–Crippen LogP) is 7.38. The van der Waals surface area contributed by atoms with Gasteiger partial charge in [-0.2, -0.15) is 0 Å². The Labute approximate surface area is 233 Å². The van der Waals surface area contributed by atoms with Crippen LogP contribution in [0.25, 0.3) is 0 Å². The first kappa shape index (κ1) is 26.7. The molecule has 4 nitrogen and oxygen atoms in total. The maximum Gasteiger partial charge on any atom is 0.102 e. The zero-order chi connectivity index (χ0) is 25.9. The minimum absolute atomic E-state index is 0.476. The van der Waals surface area contributed by atoms with E-state index in [4.69, 9.17) is 0 Å². The van der Waals surface area contributed by atoms with Gasteiger partial charge in [0.1, 0.15) is 6.17 Å². The van der Waals surface area contributed by atoms with Crippen molar-refractivity contribution in [1.82, 2.24) is 20.4 Å². The summed E-state index contributed by atoms with van der Waals surface area (Å²) in [6.07, 6.45) is 32.1. The summed E-state index contributed by atoms with van der Waals surface area (Å²) in [7, 11) is 0. The van der Waals surface area contributed by atoms with E-state index < -0.39 is 0 Å². The first-order chi connectivity index (χ1) is 18.7. The normalized spacial score (nSPS) is 34.5. The summed E-state index contributed by atoms with van der Waals surface area (Å²) in [6, 6.07) is 1.23. The molecule has 6 unspecified atom stereocenters. The Morgan fingerprint density at radius 2 is 1.87 bits per heavy atom. The van der Waals surface area contributed by atoms with E-state index in [9.17, 15) is 0 Å². The van der Waals surface area contributed by atoms with Gasteiger partial charge in [-0.05, 0) is 114 Å². The summed E-state index contributed by atoms with van der Waals surface area (Å²) < 4.78 is 0. The number of hydrogen-bond donors (Lipinski definition) is 2. The third-order valence-electron chi connectivity index (χ3n) is 10.6. The van der Waals surface area contributed by atoms with Gasteiger partial charge in [0.25, 0.3) is 0 Å². The van der Waals surface area contributed by atoms with Crippen molar-refractivity contribution in [2.75, 3.05) is 13.1 Å². The van der Waals surface area contributed by atoms with E-state index in [-0.39, 0.29) is 0 Å². The fourth-order valence-corrected chi connectivity index (χ4v) is 8.69. The summed E-state index contributed by atoms with van der Waals surface area (Å²) in [6.45, 7) is 7.20. The zero-order valence-electron chi connectivity index (χ0n) is 24.4. The van der Waals surface area contributed by atoms with Crippen molar-refractivity contribution in [1.29, 1.82) is 0 Å². The Hall–Kier alpha value is -1.52. The Morgan fingerprint density at radius 3 is 2.71 bits per heavy atom. The van der Waals surface area contributed by atoms with Crippen LogP contribution in [0.1, 0.15) is 117 Å². The van der Waals surface area contributed by atoms with E-state index in [2.05, 4.69) is 58.6 Å². The van der Waals surface area contributed by atoms with Crippen LogP contribution in [-0.4, -0.2) is 47.3 Å². The molecule has 2 heterocycles. The van der Waals surface area contributed by atoms with Crippen molar-refractivity contribution in [3.63, 3.8) is 0 Å². The van der Waals surface area contributed by atoms with Gasteiger partial charge < -0.3 is 10.2 Å². The predicted molar refractivity (Wildman–Crippen MR) is 159 cm³/mol. The molecular formula is C34H54N4. The second kappa shape index (κ2) is 12.3. The van der Waals surface area contributed by atoms with Gasteiger partial charge in [0.15, 0.2) is 0 Å². The molecule has 4 aliphatic carbocycles. The van der Waals surface area contributed by atoms with E-state index in [0.717, 1.165) is 18.4 Å². The molecule has 0 saturated carbocycles. The first-order valence-electron chi connectivity index (χ1n) is 16.6. The molecule has 2 N–H and O–H groups in total. The lowest BCUT2D eigenvalue weighted by atomic mass is 9.86. The van der Waals surface area contributed by atoms with Gasteiger partial charge in [0.2, 0.25) is 0 Å². The average molecular weight is 519 g/mol. The lowest BCUT2D eigenvalue weighted by Crippen LogP contribution is -2.45. The van der Waals surface area contributed by atoms with E-state index in [0.29, 0.717) is 24.4 Å². The van der Waals surface area contributed by atoms with Gasteiger partial charge in [-0.25, -0.2) is 0 Å². The summed E-state index contributed by atoms with van der Waals surface area (Å²) in [5.41, 5.74) is 6.67. The molecule has 38 heavy (non-hydrogen) atoms. The van der Waals surface area contributed by atoms with Crippen molar-refractivity contribution >= 4 is 0 Å². The minimum atomic E-state index is 0.476. The molecule has 0 aromatic heterocycles. The second-order valence-corrected chi connectivity index (χ2v) is 13.2. The van der Waals surface area contributed by atoms with Crippen molar-refractivity contribution in [2.45, 2.75) is 141 Å². The number of nitrogens with one attached hydrogen (secondary N) is 2. The fraction of sp³-hybridized carbons (Fsp3) is 0.765. The smallest absolute Gasteiger partial charge is 0.102 e. The van der Waals surface area contributed by atoms with Crippen molar-refractivity contribution in [3.8, 4) is 0 Å². The molecule has 0 radical (unpaired) electrons. The SMILES string of the molecule is CCCC(CC)C1NC2=C(CCCC2)N1CC1=CCCC(CN2C(C3=CCCCC3)NC3C=CCCC32)C1. The molecule has 0 bridgehead atoms. The maximum absolute atomic E-state index is 4.07. The minimum Gasteiger partial charge on any atom is -0.367 e. The zero-order valence-corrected chi connectivity index (χ0v) is 24.4. The monoisotopic (exact) mass is 518 g/mol. The summed E-state index contributed by atoms with van der Waals surface area (Å²) >= 11 is 0. The molecule has 6 atom stereocenters. The highest BCUT2D eigenvalue weighted by Crippen LogP contribution is 2.39. The number of rotatable bonds is 9. The van der Waals surface area contributed by atoms with Crippen LogP contribution in [0.15, 0.2) is 46.8 Å². The lowest BCUT2D eigenvalue weighted by Gasteiger charge is -2.38. The second-order valence-electron chi connectivity index (χ2n) is 13.2. The van der Waals surface area contributed by atoms with Crippen LogP contribution >= 0.6 is 0 Å². The number of hydrogen-bond acceptors (Lipinski definition) is 4. The quantitative estimate of drug-likeness (QED) is 0.312. The van der Waals surface area contributed by atoms with Gasteiger partial charge in [-0.1, -0.05) is 50.1 Å². The third kappa shape index (κ3) is 5.55. The first-order valence-corrected chi connectivity index (χ1v) is 16.6. The van der Waals surface area contributed by atoms with Crippen LogP contribution in [0.5, 0.6) is 0 Å². The Bertz CT molecular complexity index is 944. The van der Waals surface area contributed by atoms with E-state index >= 15 is 0 Å². The van der Waals surface area contributed by atoms with Crippen molar-refractivity contribution < 1.29 is 0 Å². The van der Waals surface area contributed by atoms with E-state index in [1.807, 2.05) is 0 Å². The number of fused-ring (bicyclic) bond motifs is 1. The molecule has 1 fully saturated rings. The molecule has 6 aliphatic rings. The highest BCUT2D eigenvalue weighted by atomic mass is 15.4. The fourth-order valence-electron chi connectivity index (χ4n) is 8.69. The van der Waals surface area contributed by atoms with E-state index in [1.165, 1.54) is 109 Å². The van der Waals surface area contributed by atoms with Gasteiger partial charge in [-0.15, -0.1) is 0 Å². The summed E-state index contributed by atoms with van der Waals surface area (Å²) in [5.74, 6) is 1.54. The molecule has 0 aromatic carbocycles. The van der Waals surface area contributed by atoms with Gasteiger partial charge >= 0.3 is 0 Å². The molecule has 6 rings (SSSR count). The largest absolute Gasteiger partial charge is 0.367 e. The molecule has 210 valence electrons. The van der Waals surface area contributed by atoms with Crippen molar-refractivity contribution in [3.05, 3.63) is 46.8 Å². The van der Waals surface area contributed by atoms with Crippen LogP contribution in [-0.2, 0) is 0 Å². The Balaban J connectivity index is 1.15. The van der Waals surface area contributed by atoms with Crippen molar-refractivity contribution in [2.24, 2.45) is 11.8 Å². The van der Waals surface area contributed by atoms with Crippen LogP contribution in [0.2, 0.25) is 0 Å². The van der Waals surface area contributed by atoms with Gasteiger partial charge in [-0.3, -0.25) is 10.2 Å². The lowest BCUT2D eigenvalue weighted by molar-refractivity contribution is 0.151. The molecule has 2 aliphatic heterocycles. The van der Waals surface area contributed by atoms with E-state index in [1.54, 1.807) is 22.5 Å². The third-order valence-corrected chi connectivity index (χ3v) is 10.6. The van der Waals surface area contributed by atoms with Crippen LogP contribution in [0.3, 0.4) is 0 Å². The molecular weight excluding hydrogens is 464 g/mol. The molecule has 0 aromatic rings. The highest BCUT2D eigenvalue weighted by molar-refractivity contribution is 5.26. The molecule has 0 amide bonds.